The molecule has 28 heavy (non-hydrogen) atoms. The van der Waals surface area contributed by atoms with Crippen LogP contribution < -0.4 is 4.72 Å². The summed E-state index contributed by atoms with van der Waals surface area (Å²) in [6.07, 6.45) is 1.74. The predicted molar refractivity (Wildman–Crippen MR) is 111 cm³/mol. The van der Waals surface area contributed by atoms with Gasteiger partial charge < -0.3 is 0 Å². The summed E-state index contributed by atoms with van der Waals surface area (Å²) in [5.41, 5.74) is 3.18. The van der Waals surface area contributed by atoms with E-state index in [-0.39, 0.29) is 4.90 Å². The third kappa shape index (κ3) is 5.04. The monoisotopic (exact) mass is 396 g/mol. The Balaban J connectivity index is 1.70. The highest BCUT2D eigenvalue weighted by atomic mass is 32.2. The number of anilines is 1. The second-order valence-corrected chi connectivity index (χ2v) is 8.37. The summed E-state index contributed by atoms with van der Waals surface area (Å²) in [6.45, 7) is 4.28. The van der Waals surface area contributed by atoms with E-state index in [0.717, 1.165) is 5.56 Å². The van der Waals surface area contributed by atoms with Crippen molar-refractivity contribution in [2.75, 3.05) is 4.72 Å². The molecule has 144 valence electrons. The maximum absolute atomic E-state index is 12.9. The first-order valence-corrected chi connectivity index (χ1v) is 10.3. The van der Waals surface area contributed by atoms with Gasteiger partial charge in [0.2, 0.25) is 0 Å². The van der Waals surface area contributed by atoms with E-state index in [4.69, 9.17) is 0 Å². The molecular formula is C22H21FN2O2S. The zero-order chi connectivity index (χ0) is 20.1. The van der Waals surface area contributed by atoms with Crippen molar-refractivity contribution >= 4 is 27.6 Å². The summed E-state index contributed by atoms with van der Waals surface area (Å²) < 4.78 is 40.2. The fraction of sp³-hybridized carbons (Fsp3) is 0.136. The lowest BCUT2D eigenvalue weighted by Gasteiger charge is -2.08. The number of benzene rings is 3. The molecule has 0 aliphatic heterocycles. The maximum Gasteiger partial charge on any atom is 0.261 e. The zero-order valence-electron chi connectivity index (χ0n) is 15.6. The van der Waals surface area contributed by atoms with Crippen LogP contribution in [0.3, 0.4) is 0 Å². The molecule has 0 aliphatic rings. The molecule has 3 aromatic carbocycles. The van der Waals surface area contributed by atoms with E-state index < -0.39 is 15.8 Å². The van der Waals surface area contributed by atoms with E-state index in [1.807, 2.05) is 12.1 Å². The number of rotatable bonds is 6. The number of nitrogens with one attached hydrogen (secondary N) is 1. The Hall–Kier alpha value is -2.99. The molecule has 0 atom stereocenters. The number of halogens is 1. The summed E-state index contributed by atoms with van der Waals surface area (Å²) in [5, 5.41) is 0. The van der Waals surface area contributed by atoms with Crippen molar-refractivity contribution in [3.8, 4) is 0 Å². The first kappa shape index (κ1) is 19.8. The molecule has 3 rings (SSSR count). The van der Waals surface area contributed by atoms with Crippen molar-refractivity contribution in [2.24, 2.45) is 4.99 Å². The molecule has 1 N–H and O–H groups in total. The van der Waals surface area contributed by atoms with Crippen LogP contribution in [0.4, 0.5) is 15.8 Å². The number of aliphatic imine (C=N–C) groups is 1. The van der Waals surface area contributed by atoms with Crippen LogP contribution in [0.1, 0.15) is 30.9 Å². The molecule has 0 fully saturated rings. The van der Waals surface area contributed by atoms with Crippen LogP contribution in [0.25, 0.3) is 0 Å². The number of hydrogen-bond donors (Lipinski definition) is 1. The van der Waals surface area contributed by atoms with Gasteiger partial charge in [0.1, 0.15) is 5.82 Å². The number of nitrogens with zero attached hydrogens (tertiary/aromatic N) is 1. The average molecular weight is 396 g/mol. The van der Waals surface area contributed by atoms with E-state index in [0.29, 0.717) is 17.3 Å². The van der Waals surface area contributed by atoms with Crippen LogP contribution in [-0.4, -0.2) is 14.6 Å². The number of hydrogen-bond acceptors (Lipinski definition) is 3. The van der Waals surface area contributed by atoms with Gasteiger partial charge in [0.15, 0.2) is 0 Å². The molecule has 0 amide bonds. The van der Waals surface area contributed by atoms with Gasteiger partial charge in [0.25, 0.3) is 10.0 Å². The van der Waals surface area contributed by atoms with Gasteiger partial charge in [-0.1, -0.05) is 38.1 Å². The molecular weight excluding hydrogens is 375 g/mol. The van der Waals surface area contributed by atoms with Gasteiger partial charge in [0.05, 0.1) is 10.6 Å². The molecule has 0 aliphatic carbocycles. The summed E-state index contributed by atoms with van der Waals surface area (Å²) in [6, 6.07) is 19.5. The maximum atomic E-state index is 12.9. The molecule has 4 nitrogen and oxygen atoms in total. The van der Waals surface area contributed by atoms with Crippen molar-refractivity contribution in [2.45, 2.75) is 24.7 Å². The SMILES string of the molecule is CC(C)c1ccc(C=Nc2ccc(S(=O)(=O)Nc3ccc(F)cc3)cc2)cc1. The summed E-state index contributed by atoms with van der Waals surface area (Å²) in [5.74, 6) is 0.0491. The van der Waals surface area contributed by atoms with Gasteiger partial charge in [-0.15, -0.1) is 0 Å². The lowest BCUT2D eigenvalue weighted by molar-refractivity contribution is 0.601. The first-order valence-electron chi connectivity index (χ1n) is 8.86. The molecule has 0 radical (unpaired) electrons. The minimum Gasteiger partial charge on any atom is -0.280 e. The van der Waals surface area contributed by atoms with Gasteiger partial charge in [-0.3, -0.25) is 9.71 Å². The molecule has 0 aromatic heterocycles. The van der Waals surface area contributed by atoms with Gasteiger partial charge >= 0.3 is 0 Å². The second kappa shape index (κ2) is 8.35. The van der Waals surface area contributed by atoms with Crippen LogP contribution in [0.15, 0.2) is 82.7 Å². The van der Waals surface area contributed by atoms with Crippen molar-refractivity contribution in [1.82, 2.24) is 0 Å². The van der Waals surface area contributed by atoms with E-state index in [1.54, 1.807) is 18.3 Å². The van der Waals surface area contributed by atoms with Gasteiger partial charge in [-0.2, -0.15) is 0 Å². The fourth-order valence-electron chi connectivity index (χ4n) is 2.56. The Kier molecular flexibility index (Phi) is 5.90. The standard InChI is InChI=1S/C22H21FN2O2S/c1-16(2)18-5-3-17(4-6-18)15-24-20-11-13-22(14-12-20)28(26,27)25-21-9-7-19(23)8-10-21/h3-16,25H,1-2H3. The minimum atomic E-state index is -3.75. The lowest BCUT2D eigenvalue weighted by atomic mass is 10.0. The number of sulfonamides is 1. The third-order valence-corrected chi connectivity index (χ3v) is 5.61. The highest BCUT2D eigenvalue weighted by Gasteiger charge is 2.13. The van der Waals surface area contributed by atoms with Gasteiger partial charge in [-0.25, -0.2) is 12.8 Å². The van der Waals surface area contributed by atoms with E-state index in [9.17, 15) is 12.8 Å². The van der Waals surface area contributed by atoms with Gasteiger partial charge in [0, 0.05) is 11.9 Å². The van der Waals surface area contributed by atoms with Crippen LogP contribution in [0.2, 0.25) is 0 Å². The Morgan fingerprint density at radius 1 is 0.893 bits per heavy atom. The van der Waals surface area contributed by atoms with Crippen LogP contribution in [0.5, 0.6) is 0 Å². The van der Waals surface area contributed by atoms with E-state index in [2.05, 4.69) is 35.7 Å². The van der Waals surface area contributed by atoms with E-state index in [1.165, 1.54) is 42.0 Å². The average Bonchev–Trinajstić information content (AvgIpc) is 2.68. The van der Waals surface area contributed by atoms with Crippen LogP contribution in [0, 0.1) is 5.82 Å². The molecule has 0 bridgehead atoms. The fourth-order valence-corrected chi connectivity index (χ4v) is 3.62. The predicted octanol–water partition coefficient (Wildman–Crippen LogP) is 5.50. The molecule has 3 aromatic rings. The smallest absolute Gasteiger partial charge is 0.261 e. The molecule has 0 spiro atoms. The second-order valence-electron chi connectivity index (χ2n) is 6.69. The first-order chi connectivity index (χ1) is 13.3. The van der Waals surface area contributed by atoms with Crippen molar-refractivity contribution < 1.29 is 12.8 Å². The van der Waals surface area contributed by atoms with Crippen LogP contribution >= 0.6 is 0 Å². The topological polar surface area (TPSA) is 58.5 Å². The molecule has 0 saturated carbocycles. The van der Waals surface area contributed by atoms with Crippen molar-refractivity contribution in [3.63, 3.8) is 0 Å². The molecule has 6 heteroatoms. The van der Waals surface area contributed by atoms with Crippen molar-refractivity contribution in [1.29, 1.82) is 0 Å². The summed E-state index contributed by atoms with van der Waals surface area (Å²) >= 11 is 0. The molecule has 0 saturated heterocycles. The van der Waals surface area contributed by atoms with Crippen LogP contribution in [-0.2, 0) is 10.0 Å². The van der Waals surface area contributed by atoms with E-state index >= 15 is 0 Å². The molecule has 0 unspecified atom stereocenters. The summed E-state index contributed by atoms with van der Waals surface area (Å²) in [7, 11) is -3.75. The normalized spacial score (nSPS) is 11.9. The van der Waals surface area contributed by atoms with Crippen molar-refractivity contribution in [3.05, 3.63) is 89.7 Å². The highest BCUT2D eigenvalue weighted by molar-refractivity contribution is 7.92. The third-order valence-electron chi connectivity index (χ3n) is 4.21. The Bertz CT molecular complexity index is 1060. The molecule has 0 heterocycles. The largest absolute Gasteiger partial charge is 0.280 e. The summed E-state index contributed by atoms with van der Waals surface area (Å²) in [4.78, 5) is 4.49. The van der Waals surface area contributed by atoms with Gasteiger partial charge in [-0.05, 0) is 65.6 Å². The Morgan fingerprint density at radius 2 is 1.50 bits per heavy atom. The minimum absolute atomic E-state index is 0.108. The zero-order valence-corrected chi connectivity index (χ0v) is 16.4. The Morgan fingerprint density at radius 3 is 2.07 bits per heavy atom. The Labute approximate surface area is 164 Å². The highest BCUT2D eigenvalue weighted by Crippen LogP contribution is 2.20. The quantitative estimate of drug-likeness (QED) is 0.559. The lowest BCUT2D eigenvalue weighted by Crippen LogP contribution is -2.12.